The van der Waals surface area contributed by atoms with Crippen molar-refractivity contribution in [3.63, 3.8) is 0 Å². The average Bonchev–Trinajstić information content (AvgIpc) is 3.04. The van der Waals surface area contributed by atoms with Crippen molar-refractivity contribution in [2.75, 3.05) is 6.61 Å². The number of ether oxygens (including phenoxy) is 1. The molecule has 2 heteroatoms. The number of hydrogen-bond acceptors (Lipinski definition) is 2. The predicted octanol–water partition coefficient (Wildman–Crippen LogP) is 5.25. The highest BCUT2D eigenvalue weighted by molar-refractivity contribution is 6.10. The molecule has 1 atom stereocenters. The Morgan fingerprint density at radius 1 is 0.962 bits per heavy atom. The summed E-state index contributed by atoms with van der Waals surface area (Å²) >= 11 is 0. The smallest absolute Gasteiger partial charge is 0.193 e. The Balaban J connectivity index is 1.73. The standard InChI is InChI=1S/C24H22O2/c1-16-11-17(2)13-19(12-16)24(25)21-9-6-10-22-23(21)20(15-26-22)14-18-7-4-3-5-8-18/h3-13,20H,14-15H2,1-2H3/t20-/m1/s1. The largest absolute Gasteiger partial charge is 0.493 e. The highest BCUT2D eigenvalue weighted by atomic mass is 16.5. The van der Waals surface area contributed by atoms with Gasteiger partial charge in [-0.15, -0.1) is 0 Å². The molecule has 0 saturated heterocycles. The van der Waals surface area contributed by atoms with Crippen LogP contribution in [-0.4, -0.2) is 12.4 Å². The van der Waals surface area contributed by atoms with Crippen molar-refractivity contribution >= 4 is 5.78 Å². The van der Waals surface area contributed by atoms with Crippen LogP contribution in [0.25, 0.3) is 0 Å². The molecule has 3 aromatic carbocycles. The highest BCUT2D eigenvalue weighted by Crippen LogP contribution is 2.39. The van der Waals surface area contributed by atoms with Gasteiger partial charge in [-0.05, 0) is 44.0 Å². The summed E-state index contributed by atoms with van der Waals surface area (Å²) in [5.74, 6) is 1.14. The van der Waals surface area contributed by atoms with Gasteiger partial charge in [0.05, 0.1) is 6.61 Å². The van der Waals surface area contributed by atoms with Crippen molar-refractivity contribution in [1.82, 2.24) is 0 Å². The van der Waals surface area contributed by atoms with E-state index in [0.29, 0.717) is 6.61 Å². The molecule has 0 saturated carbocycles. The van der Waals surface area contributed by atoms with Gasteiger partial charge in [0.2, 0.25) is 0 Å². The van der Waals surface area contributed by atoms with Crippen LogP contribution in [0.3, 0.4) is 0 Å². The van der Waals surface area contributed by atoms with Crippen molar-refractivity contribution < 1.29 is 9.53 Å². The minimum absolute atomic E-state index is 0.0808. The maximum absolute atomic E-state index is 13.3. The molecule has 0 fully saturated rings. The Morgan fingerprint density at radius 3 is 2.42 bits per heavy atom. The molecule has 0 aromatic heterocycles. The van der Waals surface area contributed by atoms with Crippen LogP contribution in [0.4, 0.5) is 0 Å². The summed E-state index contributed by atoms with van der Waals surface area (Å²) in [6, 6.07) is 22.2. The van der Waals surface area contributed by atoms with Crippen LogP contribution >= 0.6 is 0 Å². The molecule has 0 spiro atoms. The van der Waals surface area contributed by atoms with Crippen LogP contribution in [-0.2, 0) is 6.42 Å². The Bertz CT molecular complexity index is 937. The molecule has 0 N–H and O–H groups in total. The zero-order valence-corrected chi connectivity index (χ0v) is 15.2. The van der Waals surface area contributed by atoms with Crippen molar-refractivity contribution in [1.29, 1.82) is 0 Å². The molecule has 0 bridgehead atoms. The SMILES string of the molecule is Cc1cc(C)cc(C(=O)c2cccc3c2[C@H](Cc2ccccc2)CO3)c1. The quantitative estimate of drug-likeness (QED) is 0.605. The van der Waals surface area contributed by atoms with Crippen molar-refractivity contribution in [3.05, 3.63) is 100 Å². The van der Waals surface area contributed by atoms with Crippen LogP contribution in [0.2, 0.25) is 0 Å². The third-order valence-corrected chi connectivity index (χ3v) is 4.97. The third-order valence-electron chi connectivity index (χ3n) is 4.97. The number of hydrogen-bond donors (Lipinski definition) is 0. The van der Waals surface area contributed by atoms with Crippen LogP contribution in [0.15, 0.2) is 66.7 Å². The van der Waals surface area contributed by atoms with Gasteiger partial charge in [-0.1, -0.05) is 59.7 Å². The van der Waals surface area contributed by atoms with Gasteiger partial charge >= 0.3 is 0 Å². The van der Waals surface area contributed by atoms with Gasteiger partial charge in [0.15, 0.2) is 5.78 Å². The fraction of sp³-hybridized carbons (Fsp3) is 0.208. The summed E-state index contributed by atoms with van der Waals surface area (Å²) in [5.41, 5.74) is 6.06. The van der Waals surface area contributed by atoms with Crippen molar-refractivity contribution in [2.24, 2.45) is 0 Å². The zero-order valence-electron chi connectivity index (χ0n) is 15.2. The molecule has 1 heterocycles. The molecule has 3 aromatic rings. The summed E-state index contributed by atoms with van der Waals surface area (Å²) in [7, 11) is 0. The van der Waals surface area contributed by atoms with E-state index >= 15 is 0 Å². The van der Waals surface area contributed by atoms with Crippen molar-refractivity contribution in [3.8, 4) is 5.75 Å². The number of carbonyl (C=O) groups is 1. The van der Waals surface area contributed by atoms with Gasteiger partial charge in [0.25, 0.3) is 0 Å². The van der Waals surface area contributed by atoms with E-state index in [1.165, 1.54) is 5.56 Å². The monoisotopic (exact) mass is 342 g/mol. The van der Waals surface area contributed by atoms with E-state index in [1.54, 1.807) is 0 Å². The summed E-state index contributed by atoms with van der Waals surface area (Å²) in [5, 5.41) is 0. The van der Waals surface area contributed by atoms with E-state index in [-0.39, 0.29) is 11.7 Å². The number of carbonyl (C=O) groups excluding carboxylic acids is 1. The number of rotatable bonds is 4. The lowest BCUT2D eigenvalue weighted by atomic mass is 9.87. The van der Waals surface area contributed by atoms with Gasteiger partial charge in [-0.25, -0.2) is 0 Å². The molecule has 1 aliphatic rings. The second-order valence-corrected chi connectivity index (χ2v) is 7.12. The summed E-state index contributed by atoms with van der Waals surface area (Å²) in [6.45, 7) is 4.68. The molecule has 26 heavy (non-hydrogen) atoms. The lowest BCUT2D eigenvalue weighted by molar-refractivity contribution is 0.103. The van der Waals surface area contributed by atoms with E-state index in [9.17, 15) is 4.79 Å². The first-order chi connectivity index (χ1) is 12.6. The maximum atomic E-state index is 13.3. The first-order valence-electron chi connectivity index (χ1n) is 9.04. The molecule has 0 amide bonds. The van der Waals surface area contributed by atoms with Crippen LogP contribution in [0.1, 0.15) is 44.1 Å². The number of aryl methyl sites for hydroxylation is 2. The minimum Gasteiger partial charge on any atom is -0.493 e. The summed E-state index contributed by atoms with van der Waals surface area (Å²) in [6.07, 6.45) is 0.880. The molecular formula is C24H22O2. The Morgan fingerprint density at radius 2 is 1.69 bits per heavy atom. The lowest BCUT2D eigenvalue weighted by Gasteiger charge is -2.13. The normalized spacial score (nSPS) is 15.4. The first-order valence-corrected chi connectivity index (χ1v) is 9.04. The van der Waals surface area contributed by atoms with Crippen molar-refractivity contribution in [2.45, 2.75) is 26.2 Å². The highest BCUT2D eigenvalue weighted by Gasteiger charge is 2.29. The topological polar surface area (TPSA) is 26.3 Å². The van der Waals surface area contributed by atoms with Gasteiger partial charge in [0, 0.05) is 22.6 Å². The maximum Gasteiger partial charge on any atom is 0.193 e. The van der Waals surface area contributed by atoms with Gasteiger partial charge in [-0.3, -0.25) is 4.79 Å². The molecule has 0 unspecified atom stereocenters. The Hall–Kier alpha value is -2.87. The van der Waals surface area contributed by atoms with E-state index in [4.69, 9.17) is 4.74 Å². The Kier molecular flexibility index (Phi) is 4.34. The van der Waals surface area contributed by atoms with E-state index in [2.05, 4.69) is 30.3 Å². The Labute approximate surface area is 154 Å². The van der Waals surface area contributed by atoms with Gasteiger partial charge < -0.3 is 4.74 Å². The third kappa shape index (κ3) is 3.15. The zero-order chi connectivity index (χ0) is 18.1. The number of ketones is 1. The molecule has 0 aliphatic carbocycles. The van der Waals surface area contributed by atoms with Crippen LogP contribution in [0.5, 0.6) is 5.75 Å². The fourth-order valence-corrected chi connectivity index (χ4v) is 3.88. The van der Waals surface area contributed by atoms with Gasteiger partial charge in [0.1, 0.15) is 5.75 Å². The molecule has 4 rings (SSSR count). The van der Waals surface area contributed by atoms with E-state index in [0.717, 1.165) is 40.0 Å². The van der Waals surface area contributed by atoms with E-state index < -0.39 is 0 Å². The summed E-state index contributed by atoms with van der Waals surface area (Å²) in [4.78, 5) is 13.3. The van der Waals surface area contributed by atoms with Crippen LogP contribution < -0.4 is 4.74 Å². The molecular weight excluding hydrogens is 320 g/mol. The van der Waals surface area contributed by atoms with E-state index in [1.807, 2.05) is 50.2 Å². The fourth-order valence-electron chi connectivity index (χ4n) is 3.88. The minimum atomic E-state index is 0.0808. The molecule has 1 aliphatic heterocycles. The molecule has 130 valence electrons. The van der Waals surface area contributed by atoms with Crippen LogP contribution in [0, 0.1) is 13.8 Å². The average molecular weight is 342 g/mol. The molecule has 0 radical (unpaired) electrons. The number of benzene rings is 3. The van der Waals surface area contributed by atoms with Gasteiger partial charge in [-0.2, -0.15) is 0 Å². The molecule has 2 nitrogen and oxygen atoms in total. The predicted molar refractivity (Wildman–Crippen MR) is 104 cm³/mol. The summed E-state index contributed by atoms with van der Waals surface area (Å²) < 4.78 is 5.91. The first kappa shape index (κ1) is 16.6. The number of fused-ring (bicyclic) bond motifs is 1. The lowest BCUT2D eigenvalue weighted by Crippen LogP contribution is -2.10. The second-order valence-electron chi connectivity index (χ2n) is 7.12. The second kappa shape index (κ2) is 6.80.